The molecule has 0 saturated carbocycles. The third kappa shape index (κ3) is 2.78. The lowest BCUT2D eigenvalue weighted by Crippen LogP contribution is -2.09. The van der Waals surface area contributed by atoms with Crippen molar-refractivity contribution in [3.05, 3.63) is 47.1 Å². The van der Waals surface area contributed by atoms with Gasteiger partial charge in [-0.25, -0.2) is 14.4 Å². The lowest BCUT2D eigenvalue weighted by Gasteiger charge is -2.04. The van der Waals surface area contributed by atoms with E-state index in [4.69, 9.17) is 11.6 Å². The number of rotatable bonds is 3. The minimum absolute atomic E-state index is 0.0938. The maximum atomic E-state index is 13.0. The molecule has 17 heavy (non-hydrogen) atoms. The highest BCUT2D eigenvalue weighted by Crippen LogP contribution is 2.23. The van der Waals surface area contributed by atoms with Crippen LogP contribution in [0, 0.1) is 5.82 Å². The predicted molar refractivity (Wildman–Crippen MR) is 65.2 cm³/mol. The number of hydrogen-bond acceptors (Lipinski definition) is 3. The number of nitrogens with zero attached hydrogens (tertiary/aromatic N) is 2. The molecular formula is C12H11ClFN3. The maximum Gasteiger partial charge on any atom is 0.142 e. The summed E-state index contributed by atoms with van der Waals surface area (Å²) in [5.41, 5.74) is 1.50. The van der Waals surface area contributed by atoms with Crippen LogP contribution < -0.4 is 5.32 Å². The van der Waals surface area contributed by atoms with Crippen LogP contribution in [-0.2, 0) is 6.54 Å². The molecule has 1 aromatic heterocycles. The first kappa shape index (κ1) is 12.0. The van der Waals surface area contributed by atoms with E-state index in [0.717, 1.165) is 11.3 Å². The SMILES string of the molecule is CNCc1nccc(-c2ccc(F)c(Cl)c2)n1. The van der Waals surface area contributed by atoms with Gasteiger partial charge in [-0.1, -0.05) is 11.6 Å². The van der Waals surface area contributed by atoms with Gasteiger partial charge in [-0.3, -0.25) is 0 Å². The molecule has 0 unspecified atom stereocenters. The van der Waals surface area contributed by atoms with Crippen molar-refractivity contribution >= 4 is 11.6 Å². The Morgan fingerprint density at radius 1 is 1.35 bits per heavy atom. The molecule has 1 heterocycles. The van der Waals surface area contributed by atoms with Gasteiger partial charge >= 0.3 is 0 Å². The molecule has 0 aliphatic carbocycles. The molecule has 3 nitrogen and oxygen atoms in total. The standard InChI is InChI=1S/C12H11ClFN3/c1-15-7-12-16-5-4-11(17-12)8-2-3-10(14)9(13)6-8/h2-6,15H,7H2,1H3. The van der Waals surface area contributed by atoms with E-state index in [1.165, 1.54) is 6.07 Å². The second-order valence-electron chi connectivity index (χ2n) is 3.52. The number of nitrogens with one attached hydrogen (secondary N) is 1. The molecule has 0 radical (unpaired) electrons. The van der Waals surface area contributed by atoms with Gasteiger partial charge in [-0.2, -0.15) is 0 Å². The summed E-state index contributed by atoms with van der Waals surface area (Å²) >= 11 is 5.73. The van der Waals surface area contributed by atoms with E-state index < -0.39 is 5.82 Å². The molecule has 0 bridgehead atoms. The Bertz CT molecular complexity index is 531. The molecule has 2 aromatic rings. The Balaban J connectivity index is 2.38. The fourth-order valence-electron chi connectivity index (χ4n) is 1.46. The highest BCUT2D eigenvalue weighted by Gasteiger charge is 2.05. The Labute approximate surface area is 104 Å². The molecule has 2 rings (SSSR count). The molecule has 0 aliphatic heterocycles. The van der Waals surface area contributed by atoms with Gasteiger partial charge in [0.15, 0.2) is 0 Å². The van der Waals surface area contributed by atoms with Crippen molar-refractivity contribution in [3.63, 3.8) is 0 Å². The number of hydrogen-bond donors (Lipinski definition) is 1. The van der Waals surface area contributed by atoms with Crippen LogP contribution in [0.2, 0.25) is 5.02 Å². The molecule has 0 saturated heterocycles. The second kappa shape index (κ2) is 5.21. The molecule has 1 N–H and O–H groups in total. The normalized spacial score (nSPS) is 10.5. The van der Waals surface area contributed by atoms with Gasteiger partial charge in [-0.05, 0) is 31.3 Å². The summed E-state index contributed by atoms with van der Waals surface area (Å²) in [4.78, 5) is 8.46. The van der Waals surface area contributed by atoms with Gasteiger partial charge in [0.05, 0.1) is 17.3 Å². The van der Waals surface area contributed by atoms with Crippen LogP contribution in [0.3, 0.4) is 0 Å². The minimum Gasteiger partial charge on any atom is -0.313 e. The summed E-state index contributed by atoms with van der Waals surface area (Å²) < 4.78 is 13.0. The quantitative estimate of drug-likeness (QED) is 0.911. The highest BCUT2D eigenvalue weighted by atomic mass is 35.5. The van der Waals surface area contributed by atoms with E-state index >= 15 is 0 Å². The maximum absolute atomic E-state index is 13.0. The van der Waals surface area contributed by atoms with E-state index in [0.29, 0.717) is 12.4 Å². The van der Waals surface area contributed by atoms with Gasteiger partial charge in [0.1, 0.15) is 11.6 Å². The largest absolute Gasteiger partial charge is 0.313 e. The second-order valence-corrected chi connectivity index (χ2v) is 3.92. The van der Waals surface area contributed by atoms with Crippen LogP contribution in [0.1, 0.15) is 5.82 Å². The van der Waals surface area contributed by atoms with Crippen molar-refractivity contribution in [1.82, 2.24) is 15.3 Å². The molecule has 0 fully saturated rings. The zero-order valence-electron chi connectivity index (χ0n) is 9.24. The first-order chi connectivity index (χ1) is 8.20. The molecule has 0 amide bonds. The molecule has 0 spiro atoms. The van der Waals surface area contributed by atoms with Crippen molar-refractivity contribution < 1.29 is 4.39 Å². The first-order valence-electron chi connectivity index (χ1n) is 5.12. The third-order valence-electron chi connectivity index (χ3n) is 2.26. The van der Waals surface area contributed by atoms with Crippen molar-refractivity contribution in [2.24, 2.45) is 0 Å². The molecular weight excluding hydrogens is 241 g/mol. The fourth-order valence-corrected chi connectivity index (χ4v) is 1.64. The fraction of sp³-hybridized carbons (Fsp3) is 0.167. The van der Waals surface area contributed by atoms with E-state index in [9.17, 15) is 4.39 Å². The lowest BCUT2D eigenvalue weighted by molar-refractivity contribution is 0.628. The summed E-state index contributed by atoms with van der Waals surface area (Å²) in [6.45, 7) is 0.586. The summed E-state index contributed by atoms with van der Waals surface area (Å²) in [5.74, 6) is 0.255. The van der Waals surface area contributed by atoms with Crippen LogP contribution in [-0.4, -0.2) is 17.0 Å². The summed E-state index contributed by atoms with van der Waals surface area (Å²) in [7, 11) is 1.82. The molecule has 1 aromatic carbocycles. The van der Waals surface area contributed by atoms with Crippen molar-refractivity contribution in [2.45, 2.75) is 6.54 Å². The van der Waals surface area contributed by atoms with Crippen LogP contribution >= 0.6 is 11.6 Å². The molecule has 0 atom stereocenters. The summed E-state index contributed by atoms with van der Waals surface area (Å²) in [6, 6.07) is 6.30. The average molecular weight is 252 g/mol. The Hall–Kier alpha value is -1.52. The molecule has 0 aliphatic rings. The third-order valence-corrected chi connectivity index (χ3v) is 2.55. The number of halogens is 2. The van der Waals surface area contributed by atoms with E-state index in [2.05, 4.69) is 15.3 Å². The Kier molecular flexibility index (Phi) is 3.66. The van der Waals surface area contributed by atoms with Crippen LogP contribution in [0.25, 0.3) is 11.3 Å². The van der Waals surface area contributed by atoms with E-state index in [1.54, 1.807) is 24.4 Å². The van der Waals surface area contributed by atoms with Crippen LogP contribution in [0.15, 0.2) is 30.5 Å². The first-order valence-corrected chi connectivity index (χ1v) is 5.50. The van der Waals surface area contributed by atoms with E-state index in [1.807, 2.05) is 7.05 Å². The van der Waals surface area contributed by atoms with Gasteiger partial charge in [0, 0.05) is 11.8 Å². The average Bonchev–Trinajstić information content (AvgIpc) is 2.33. The van der Waals surface area contributed by atoms with Crippen molar-refractivity contribution in [2.75, 3.05) is 7.05 Å². The van der Waals surface area contributed by atoms with Crippen molar-refractivity contribution in [1.29, 1.82) is 0 Å². The van der Waals surface area contributed by atoms with Crippen molar-refractivity contribution in [3.8, 4) is 11.3 Å². The molecule has 88 valence electrons. The van der Waals surface area contributed by atoms with Gasteiger partial charge in [0.2, 0.25) is 0 Å². The number of aromatic nitrogens is 2. The van der Waals surface area contributed by atoms with Crippen LogP contribution in [0.4, 0.5) is 4.39 Å². The molecule has 5 heteroatoms. The summed E-state index contributed by atoms with van der Waals surface area (Å²) in [6.07, 6.45) is 1.67. The predicted octanol–water partition coefficient (Wildman–Crippen LogP) is 2.66. The van der Waals surface area contributed by atoms with Crippen LogP contribution in [0.5, 0.6) is 0 Å². The van der Waals surface area contributed by atoms with Gasteiger partial charge < -0.3 is 5.32 Å². The topological polar surface area (TPSA) is 37.8 Å². The zero-order chi connectivity index (χ0) is 12.3. The monoisotopic (exact) mass is 251 g/mol. The lowest BCUT2D eigenvalue weighted by atomic mass is 10.1. The minimum atomic E-state index is -0.431. The zero-order valence-corrected chi connectivity index (χ0v) is 10.0. The van der Waals surface area contributed by atoms with E-state index in [-0.39, 0.29) is 5.02 Å². The van der Waals surface area contributed by atoms with Gasteiger partial charge in [0.25, 0.3) is 0 Å². The Morgan fingerprint density at radius 2 is 2.18 bits per heavy atom. The summed E-state index contributed by atoms with van der Waals surface area (Å²) in [5, 5.41) is 3.07. The Morgan fingerprint density at radius 3 is 2.88 bits per heavy atom. The highest BCUT2D eigenvalue weighted by molar-refractivity contribution is 6.31. The van der Waals surface area contributed by atoms with Gasteiger partial charge in [-0.15, -0.1) is 0 Å². The smallest absolute Gasteiger partial charge is 0.142 e. The number of benzene rings is 1.